The molecule has 0 aromatic heterocycles. The Bertz CT molecular complexity index is 2200. The van der Waals surface area contributed by atoms with Gasteiger partial charge in [0.2, 0.25) is 0 Å². The fraction of sp³-hybridized carbons (Fsp3) is 0.623. The topological polar surface area (TPSA) is 217 Å². The molecule has 6 rings (SSSR count). The summed E-state index contributed by atoms with van der Waals surface area (Å²) >= 11 is 0. The summed E-state index contributed by atoms with van der Waals surface area (Å²) in [6, 6.07) is 0. The van der Waals surface area contributed by atoms with Crippen LogP contribution < -0.4 is 10.1 Å². The Morgan fingerprint density at radius 2 is 1.38 bits per heavy atom. The van der Waals surface area contributed by atoms with Crippen molar-refractivity contribution in [2.75, 3.05) is 25.5 Å². The Balaban J connectivity index is 1.66. The number of phenols is 3. The highest BCUT2D eigenvalue weighted by atomic mass is 16.7. The Morgan fingerprint density at radius 3 is 1.94 bits per heavy atom. The molecule has 2 aromatic rings. The third-order valence-electron chi connectivity index (χ3n) is 14.2. The smallest absolute Gasteiger partial charge is 0.312 e. The van der Waals surface area contributed by atoms with Crippen molar-refractivity contribution in [3.63, 3.8) is 0 Å². The quantitative estimate of drug-likeness (QED) is 0.0730. The van der Waals surface area contributed by atoms with Crippen LogP contribution in [0.4, 0.5) is 5.69 Å². The van der Waals surface area contributed by atoms with Crippen LogP contribution in [0.15, 0.2) is 41.2 Å². The minimum Gasteiger partial charge on any atom is -0.507 e. The van der Waals surface area contributed by atoms with Crippen LogP contribution in [0.5, 0.6) is 23.0 Å². The van der Waals surface area contributed by atoms with Gasteiger partial charge in [-0.2, -0.15) is 5.10 Å². The van der Waals surface area contributed by atoms with Gasteiger partial charge in [0, 0.05) is 74.2 Å². The molecule has 5 bridgehead atoms. The van der Waals surface area contributed by atoms with Crippen LogP contribution in [0.1, 0.15) is 153 Å². The number of Topliss-reactive ketones (excluding diaryl/α,β-unsaturated/α-hetero) is 1. The molecule has 2 aromatic carbocycles. The summed E-state index contributed by atoms with van der Waals surface area (Å²) in [4.78, 5) is 41.1. The lowest BCUT2D eigenvalue weighted by Gasteiger charge is -2.38. The van der Waals surface area contributed by atoms with E-state index in [0.717, 1.165) is 38.5 Å². The zero-order chi connectivity index (χ0) is 49.9. The fourth-order valence-electron chi connectivity index (χ4n) is 9.77. The van der Waals surface area contributed by atoms with Crippen molar-refractivity contribution in [1.82, 2.24) is 5.01 Å². The van der Waals surface area contributed by atoms with Gasteiger partial charge in [0.1, 0.15) is 23.4 Å². The maximum Gasteiger partial charge on any atom is 0.312 e. The second-order valence-electron chi connectivity index (χ2n) is 19.4. The number of nitrogens with one attached hydrogen (secondary N) is 1. The number of aromatic hydroxyl groups is 3. The first kappa shape index (κ1) is 53.8. The minimum absolute atomic E-state index is 0.0696. The average Bonchev–Trinajstić information content (AvgIpc) is 3.57. The lowest BCUT2D eigenvalue weighted by molar-refractivity contribution is -0.160. The number of amides is 1. The largest absolute Gasteiger partial charge is 0.507 e. The van der Waals surface area contributed by atoms with E-state index in [1.807, 2.05) is 5.01 Å². The molecule has 1 saturated heterocycles. The first-order valence-corrected chi connectivity index (χ1v) is 24.7. The van der Waals surface area contributed by atoms with Crippen molar-refractivity contribution >= 4 is 40.3 Å². The molecule has 4 heterocycles. The van der Waals surface area contributed by atoms with Crippen molar-refractivity contribution in [1.29, 1.82) is 0 Å². The third kappa shape index (κ3) is 12.6. The Hall–Kier alpha value is -5.12. The summed E-state index contributed by atoms with van der Waals surface area (Å²) < 4.78 is 23.9. The molecule has 0 radical (unpaired) electrons. The van der Waals surface area contributed by atoms with Gasteiger partial charge in [0.25, 0.3) is 11.7 Å². The van der Waals surface area contributed by atoms with Crippen molar-refractivity contribution in [2.24, 2.45) is 28.8 Å². The van der Waals surface area contributed by atoms with Gasteiger partial charge in [0.15, 0.2) is 5.75 Å². The van der Waals surface area contributed by atoms with Gasteiger partial charge >= 0.3 is 11.8 Å². The molecule has 4 aliphatic heterocycles. The van der Waals surface area contributed by atoms with Gasteiger partial charge in [-0.25, -0.2) is 0 Å². The number of aliphatic hydroxyl groups is 2. The van der Waals surface area contributed by atoms with E-state index in [1.54, 1.807) is 46.8 Å². The normalized spacial score (nSPS) is 30.9. The molecule has 4 aliphatic rings. The molecule has 0 saturated carbocycles. The number of benzene rings is 2. The van der Waals surface area contributed by atoms with Crippen LogP contribution >= 0.6 is 0 Å². The van der Waals surface area contributed by atoms with Crippen LogP contribution in [-0.4, -0.2) is 105 Å². The van der Waals surface area contributed by atoms with Gasteiger partial charge in [-0.1, -0.05) is 117 Å². The van der Waals surface area contributed by atoms with E-state index in [2.05, 4.69) is 5.32 Å². The molecule has 0 aliphatic carbocycles. The maximum atomic E-state index is 14.7. The lowest BCUT2D eigenvalue weighted by atomic mass is 9.78. The summed E-state index contributed by atoms with van der Waals surface area (Å²) in [5.74, 6) is -8.23. The fourth-order valence-corrected chi connectivity index (χ4v) is 9.77. The molecule has 0 spiro atoms. The molecule has 15 nitrogen and oxygen atoms in total. The van der Waals surface area contributed by atoms with Crippen LogP contribution in [-0.2, 0) is 23.8 Å². The number of rotatable bonds is 4. The highest BCUT2D eigenvalue weighted by Crippen LogP contribution is 2.55. The number of methoxy groups -OCH3 is 1. The SMILES string of the molecule is CO[C@H]1/C=C/O[C@@]2(C)Oc3c(C)c(O)c4c(O)c(c(C=NN5CCCCCCCCCCCCCCC5)c(O)c4c3C2=O)NC(=O)/C(C)=C\C=C\[C@H](C)[C@H](O)[C@@H](C)[C@@H](O)[C@H](C)[C@H](OC(C)=O)[C@H]1C. The van der Waals surface area contributed by atoms with Crippen molar-refractivity contribution in [3.05, 3.63) is 52.8 Å². The number of esters is 1. The number of hydrazone groups is 1. The van der Waals surface area contributed by atoms with E-state index in [0.29, 0.717) is 13.1 Å². The van der Waals surface area contributed by atoms with Crippen LogP contribution in [0.3, 0.4) is 0 Å². The number of aliphatic hydroxyl groups excluding tert-OH is 2. The van der Waals surface area contributed by atoms with Gasteiger partial charge in [-0.05, 0) is 32.8 Å². The van der Waals surface area contributed by atoms with Crippen molar-refractivity contribution in [3.8, 4) is 23.0 Å². The van der Waals surface area contributed by atoms with E-state index in [1.165, 1.54) is 97.5 Å². The second kappa shape index (κ2) is 24.4. The van der Waals surface area contributed by atoms with Crippen LogP contribution in [0.2, 0.25) is 0 Å². The Labute approximate surface area is 402 Å². The molecule has 1 amide bonds. The number of ketones is 1. The number of allylic oxidation sites excluding steroid dienone is 2. The molecule has 15 heteroatoms. The number of hydrogen-bond donors (Lipinski definition) is 6. The predicted octanol–water partition coefficient (Wildman–Crippen LogP) is 9.47. The summed E-state index contributed by atoms with van der Waals surface area (Å²) in [5.41, 5.74) is -0.238. The van der Waals surface area contributed by atoms with E-state index in [-0.39, 0.29) is 44.5 Å². The van der Waals surface area contributed by atoms with Crippen molar-refractivity contribution < 1.29 is 58.9 Å². The number of phenolic OH excluding ortho intramolecular Hbond substituents is 3. The molecule has 376 valence electrons. The first-order valence-electron chi connectivity index (χ1n) is 24.7. The standard InChI is InChI=1S/C53H77N3O12/c1-31-24-23-25-32(2)52(64)55-43-38(30-54-56-27-21-19-17-15-13-11-10-12-14-16-18-20-22-28-56)47(61)40-41(48(43)62)46(60)36(6)50-42(40)51(63)53(8,68-50)66-29-26-39(65-9)33(3)49(67-37(7)57)35(5)45(59)34(4)44(31)58/h23-26,29-31,33-35,39,44-45,49,58-62H,10-22,27-28H2,1-9H3,(H,55,64)/b24-23+,29-26+,32-25-,54-30?/t31-,33-,34+,35-,39-,44-,45+,49+,53-/m0/s1. The molecule has 9 atom stereocenters. The zero-order valence-electron chi connectivity index (χ0n) is 41.7. The van der Waals surface area contributed by atoms with Gasteiger partial charge in [-0.3, -0.25) is 19.4 Å². The number of nitrogens with zero attached hydrogens (tertiary/aromatic N) is 2. The Kier molecular flexibility index (Phi) is 19.3. The van der Waals surface area contributed by atoms with E-state index in [9.17, 15) is 39.9 Å². The second-order valence-corrected chi connectivity index (χ2v) is 19.4. The molecular weight excluding hydrogens is 871 g/mol. The van der Waals surface area contributed by atoms with Crippen LogP contribution in [0, 0.1) is 30.6 Å². The van der Waals surface area contributed by atoms with E-state index >= 15 is 0 Å². The Morgan fingerprint density at radius 1 is 0.809 bits per heavy atom. The van der Waals surface area contributed by atoms with Gasteiger partial charge < -0.3 is 49.8 Å². The molecule has 0 unspecified atom stereocenters. The van der Waals surface area contributed by atoms with Crippen molar-refractivity contribution in [2.45, 2.75) is 169 Å². The molecule has 68 heavy (non-hydrogen) atoms. The number of fused-ring (bicyclic) bond motifs is 14. The highest BCUT2D eigenvalue weighted by molar-refractivity contribution is 6.23. The minimum atomic E-state index is -2.05. The number of carbonyl (C=O) groups is 3. The third-order valence-corrected chi connectivity index (χ3v) is 14.2. The van der Waals surface area contributed by atoms with Crippen LogP contribution in [0.25, 0.3) is 10.8 Å². The molecular formula is C53H77N3O12. The number of ether oxygens (including phenoxy) is 4. The molecule has 1 fully saturated rings. The summed E-state index contributed by atoms with van der Waals surface area (Å²) in [7, 11) is 1.45. The lowest BCUT2D eigenvalue weighted by Crippen LogP contribution is -2.46. The average molecular weight is 948 g/mol. The van der Waals surface area contributed by atoms with Gasteiger partial charge in [0.05, 0.1) is 53.0 Å². The highest BCUT2D eigenvalue weighted by Gasteiger charge is 2.50. The summed E-state index contributed by atoms with van der Waals surface area (Å²) in [6.45, 7) is 14.0. The monoisotopic (exact) mass is 948 g/mol. The summed E-state index contributed by atoms with van der Waals surface area (Å²) in [6.07, 6.45) is 19.9. The predicted molar refractivity (Wildman–Crippen MR) is 263 cm³/mol. The number of hydrogen-bond acceptors (Lipinski definition) is 14. The van der Waals surface area contributed by atoms with Gasteiger partial charge in [-0.15, -0.1) is 0 Å². The zero-order valence-corrected chi connectivity index (χ0v) is 41.7. The first-order chi connectivity index (χ1) is 32.3. The van der Waals surface area contributed by atoms with E-state index in [4.69, 9.17) is 24.0 Å². The molecule has 6 N–H and O–H groups in total. The maximum absolute atomic E-state index is 14.7. The number of anilines is 1. The number of carbonyl (C=O) groups excluding carboxylic acids is 3. The summed E-state index contributed by atoms with van der Waals surface area (Å²) in [5, 5.41) is 68.4. The van der Waals surface area contributed by atoms with E-state index < -0.39 is 88.8 Å².